The van der Waals surface area contributed by atoms with E-state index in [1.165, 1.54) is 0 Å². The highest BCUT2D eigenvalue weighted by Gasteiger charge is 2.32. The van der Waals surface area contributed by atoms with E-state index in [0.717, 1.165) is 18.7 Å². The van der Waals surface area contributed by atoms with Gasteiger partial charge in [0.15, 0.2) is 0 Å². The second-order valence-electron chi connectivity index (χ2n) is 3.99. The topological polar surface area (TPSA) is 67.2 Å². The van der Waals surface area contributed by atoms with Crippen LogP contribution in [0.2, 0.25) is 0 Å². The highest BCUT2D eigenvalue weighted by molar-refractivity contribution is 5.71. The summed E-state index contributed by atoms with van der Waals surface area (Å²) in [6, 6.07) is 0. The number of rotatable bonds is 2. The number of hydrogen-bond donors (Lipinski definition) is 2. The summed E-state index contributed by atoms with van der Waals surface area (Å²) in [5.74, 6) is -0.939. The van der Waals surface area contributed by atoms with E-state index in [1.807, 2.05) is 13.2 Å². The van der Waals surface area contributed by atoms with Gasteiger partial charge in [-0.25, -0.2) is 0 Å². The summed E-state index contributed by atoms with van der Waals surface area (Å²) in [6.07, 6.45) is 4.34. The summed E-state index contributed by atoms with van der Waals surface area (Å²) in [7, 11) is 1.84. The van der Waals surface area contributed by atoms with Crippen LogP contribution in [-0.2, 0) is 11.8 Å². The maximum absolute atomic E-state index is 11.1. The van der Waals surface area contributed by atoms with Crippen LogP contribution in [0.4, 0.5) is 0 Å². The largest absolute Gasteiger partial charge is 0.481 e. The van der Waals surface area contributed by atoms with Crippen molar-refractivity contribution in [2.75, 3.05) is 13.1 Å². The quantitative estimate of drug-likeness (QED) is 0.730. The average Bonchev–Trinajstić information content (AvgIpc) is 2.65. The summed E-state index contributed by atoms with van der Waals surface area (Å²) >= 11 is 0. The minimum absolute atomic E-state index is 0.0462. The number of aryl methyl sites for hydroxylation is 1. The van der Waals surface area contributed by atoms with Crippen LogP contribution in [0.3, 0.4) is 0 Å². The van der Waals surface area contributed by atoms with E-state index in [1.54, 1.807) is 10.9 Å². The first-order valence-corrected chi connectivity index (χ1v) is 5.10. The second kappa shape index (κ2) is 4.02. The predicted octanol–water partition coefficient (Wildman–Crippen LogP) is 0.198. The van der Waals surface area contributed by atoms with Crippen molar-refractivity contribution in [3.63, 3.8) is 0 Å². The van der Waals surface area contributed by atoms with Crippen LogP contribution in [-0.4, -0.2) is 33.9 Å². The lowest BCUT2D eigenvalue weighted by Crippen LogP contribution is -2.38. The van der Waals surface area contributed by atoms with Crippen molar-refractivity contribution in [1.29, 1.82) is 0 Å². The van der Waals surface area contributed by atoms with Gasteiger partial charge in [-0.05, 0) is 18.5 Å². The zero-order valence-electron chi connectivity index (χ0n) is 8.68. The zero-order valence-corrected chi connectivity index (χ0v) is 8.68. The highest BCUT2D eigenvalue weighted by atomic mass is 16.4. The molecule has 0 spiro atoms. The Bertz CT molecular complexity index is 361. The van der Waals surface area contributed by atoms with Crippen molar-refractivity contribution in [3.05, 3.63) is 18.0 Å². The molecule has 1 aromatic heterocycles. The number of nitrogens with zero attached hydrogens (tertiary/aromatic N) is 2. The van der Waals surface area contributed by atoms with Crippen LogP contribution in [0, 0.1) is 5.92 Å². The maximum Gasteiger partial charge on any atom is 0.307 e. The Morgan fingerprint density at radius 1 is 1.73 bits per heavy atom. The molecule has 5 nitrogen and oxygen atoms in total. The minimum Gasteiger partial charge on any atom is -0.481 e. The third-order valence-electron chi connectivity index (χ3n) is 2.95. The number of nitrogens with one attached hydrogen (secondary N) is 1. The molecule has 1 aromatic rings. The average molecular weight is 209 g/mol. The van der Waals surface area contributed by atoms with E-state index in [2.05, 4.69) is 10.4 Å². The lowest BCUT2D eigenvalue weighted by atomic mass is 9.83. The molecule has 1 aliphatic rings. The van der Waals surface area contributed by atoms with E-state index in [-0.39, 0.29) is 11.8 Å². The summed E-state index contributed by atoms with van der Waals surface area (Å²) < 4.78 is 1.71. The number of carbonyl (C=O) groups is 1. The van der Waals surface area contributed by atoms with Crippen molar-refractivity contribution < 1.29 is 9.90 Å². The molecule has 0 aliphatic carbocycles. The summed E-state index contributed by atoms with van der Waals surface area (Å²) in [4.78, 5) is 11.1. The molecule has 1 fully saturated rings. The molecule has 1 aliphatic heterocycles. The number of aromatic nitrogens is 2. The molecule has 2 rings (SSSR count). The molecular formula is C10H15N3O2. The van der Waals surface area contributed by atoms with E-state index >= 15 is 0 Å². The van der Waals surface area contributed by atoms with Gasteiger partial charge in [0.25, 0.3) is 0 Å². The van der Waals surface area contributed by atoms with Gasteiger partial charge < -0.3 is 10.4 Å². The minimum atomic E-state index is -0.703. The molecule has 0 bridgehead atoms. The number of piperidine rings is 1. The van der Waals surface area contributed by atoms with Gasteiger partial charge in [-0.2, -0.15) is 5.10 Å². The van der Waals surface area contributed by atoms with Crippen molar-refractivity contribution in [3.8, 4) is 0 Å². The fourth-order valence-electron chi connectivity index (χ4n) is 2.14. The van der Waals surface area contributed by atoms with E-state index < -0.39 is 5.97 Å². The molecule has 0 radical (unpaired) electrons. The Hall–Kier alpha value is -1.36. The number of carboxylic acid groups (broad SMARTS) is 1. The molecule has 2 N–H and O–H groups in total. The van der Waals surface area contributed by atoms with E-state index in [9.17, 15) is 4.79 Å². The monoisotopic (exact) mass is 209 g/mol. The smallest absolute Gasteiger partial charge is 0.307 e. The van der Waals surface area contributed by atoms with Crippen LogP contribution in [0.5, 0.6) is 0 Å². The van der Waals surface area contributed by atoms with Crippen LogP contribution < -0.4 is 5.32 Å². The maximum atomic E-state index is 11.1. The van der Waals surface area contributed by atoms with Gasteiger partial charge in [0.1, 0.15) is 0 Å². The van der Waals surface area contributed by atoms with Crippen molar-refractivity contribution in [1.82, 2.24) is 15.1 Å². The molecule has 2 unspecified atom stereocenters. The Morgan fingerprint density at radius 3 is 3.13 bits per heavy atom. The molecule has 5 heteroatoms. The molecule has 1 saturated heterocycles. The summed E-state index contributed by atoms with van der Waals surface area (Å²) in [5, 5.41) is 16.4. The van der Waals surface area contributed by atoms with Crippen molar-refractivity contribution >= 4 is 5.97 Å². The third kappa shape index (κ3) is 2.02. The fraction of sp³-hybridized carbons (Fsp3) is 0.600. The number of aliphatic carboxylic acids is 1. The third-order valence-corrected chi connectivity index (χ3v) is 2.95. The molecule has 0 amide bonds. The van der Waals surface area contributed by atoms with Gasteiger partial charge in [0.05, 0.1) is 12.1 Å². The van der Waals surface area contributed by atoms with Crippen LogP contribution >= 0.6 is 0 Å². The first kappa shape index (κ1) is 10.2. The van der Waals surface area contributed by atoms with Crippen molar-refractivity contribution in [2.24, 2.45) is 13.0 Å². The predicted molar refractivity (Wildman–Crippen MR) is 54.6 cm³/mol. The standard InChI is InChI=1S/C10H15N3O2/c1-13-6-7(4-12-13)9-5-11-3-2-8(9)10(14)15/h4,6,8-9,11H,2-3,5H2,1H3,(H,14,15). The number of carboxylic acids is 1. The summed E-state index contributed by atoms with van der Waals surface area (Å²) in [6.45, 7) is 1.51. The van der Waals surface area contributed by atoms with Gasteiger partial charge in [0, 0.05) is 25.7 Å². The molecule has 82 valence electrons. The lowest BCUT2D eigenvalue weighted by molar-refractivity contribution is -0.143. The molecular weight excluding hydrogens is 194 g/mol. The molecule has 2 heterocycles. The van der Waals surface area contributed by atoms with Crippen LogP contribution in [0.1, 0.15) is 17.9 Å². The van der Waals surface area contributed by atoms with Gasteiger partial charge in [0.2, 0.25) is 0 Å². The Balaban J connectivity index is 2.21. The second-order valence-corrected chi connectivity index (χ2v) is 3.99. The van der Waals surface area contributed by atoms with Gasteiger partial charge in [-0.1, -0.05) is 0 Å². The number of hydrogen-bond acceptors (Lipinski definition) is 3. The first-order chi connectivity index (χ1) is 7.18. The SMILES string of the molecule is Cn1cc(C2CNCCC2C(=O)O)cn1. The normalized spacial score (nSPS) is 26.5. The first-order valence-electron chi connectivity index (χ1n) is 5.10. The van der Waals surface area contributed by atoms with Gasteiger partial charge >= 0.3 is 5.97 Å². The highest BCUT2D eigenvalue weighted by Crippen LogP contribution is 2.28. The molecule has 15 heavy (non-hydrogen) atoms. The molecule has 0 aromatic carbocycles. The Morgan fingerprint density at radius 2 is 2.53 bits per heavy atom. The Labute approximate surface area is 88.1 Å². The fourth-order valence-corrected chi connectivity index (χ4v) is 2.14. The molecule has 0 saturated carbocycles. The van der Waals surface area contributed by atoms with E-state index in [4.69, 9.17) is 5.11 Å². The van der Waals surface area contributed by atoms with E-state index in [0.29, 0.717) is 6.42 Å². The van der Waals surface area contributed by atoms with Crippen LogP contribution in [0.25, 0.3) is 0 Å². The Kier molecular flexibility index (Phi) is 2.73. The summed E-state index contributed by atoms with van der Waals surface area (Å²) in [5.41, 5.74) is 1.01. The molecule has 2 atom stereocenters. The lowest BCUT2D eigenvalue weighted by Gasteiger charge is -2.28. The zero-order chi connectivity index (χ0) is 10.8. The van der Waals surface area contributed by atoms with Gasteiger partial charge in [-0.3, -0.25) is 9.48 Å². The van der Waals surface area contributed by atoms with Crippen molar-refractivity contribution in [2.45, 2.75) is 12.3 Å². The van der Waals surface area contributed by atoms with Gasteiger partial charge in [-0.15, -0.1) is 0 Å². The van der Waals surface area contributed by atoms with Crippen LogP contribution in [0.15, 0.2) is 12.4 Å².